The molecule has 0 atom stereocenters. The van der Waals surface area contributed by atoms with Crippen molar-refractivity contribution < 1.29 is 9.90 Å². The van der Waals surface area contributed by atoms with Gasteiger partial charge in [0.2, 0.25) is 5.78 Å². The molecule has 0 aromatic carbocycles. The summed E-state index contributed by atoms with van der Waals surface area (Å²) in [5.74, 6) is -0.974. The van der Waals surface area contributed by atoms with E-state index in [0.717, 1.165) is 0 Å². The number of nitrogens with zero attached hydrogens (tertiary/aromatic N) is 2. The molecular weight excluding hydrogens is 156 g/mol. The lowest BCUT2D eigenvalue weighted by Crippen LogP contribution is -2.21. The summed E-state index contributed by atoms with van der Waals surface area (Å²) in [6, 6.07) is 3.17. The van der Waals surface area contributed by atoms with E-state index in [-0.39, 0.29) is 16.9 Å². The monoisotopic (exact) mass is 160 g/mol. The number of hydrogen-bond donors (Lipinski definition) is 1. The van der Waals surface area contributed by atoms with Crippen molar-refractivity contribution in [3.63, 3.8) is 0 Å². The van der Waals surface area contributed by atoms with Crippen LogP contribution >= 0.6 is 0 Å². The maximum Gasteiger partial charge on any atom is 0.230 e. The van der Waals surface area contributed by atoms with E-state index >= 15 is 0 Å². The van der Waals surface area contributed by atoms with Crippen LogP contribution in [-0.2, 0) is 4.79 Å². The van der Waals surface area contributed by atoms with Gasteiger partial charge < -0.3 is 5.11 Å². The van der Waals surface area contributed by atoms with Gasteiger partial charge in [0.1, 0.15) is 17.7 Å². The Morgan fingerprint density at radius 1 is 1.42 bits per heavy atom. The number of ketones is 1. The highest BCUT2D eigenvalue weighted by molar-refractivity contribution is 6.19. The minimum atomic E-state index is -0.620. The lowest BCUT2D eigenvalue weighted by atomic mass is 9.86. The SMILES string of the molecule is CC1=C(O)C(=O)C1=C(C#N)C#N. The minimum Gasteiger partial charge on any atom is -0.504 e. The second-order valence-corrected chi connectivity index (χ2v) is 2.28. The van der Waals surface area contributed by atoms with Crippen LogP contribution in [0.2, 0.25) is 0 Å². The molecular formula is C8H4N2O2. The fourth-order valence-corrected chi connectivity index (χ4v) is 0.953. The van der Waals surface area contributed by atoms with E-state index in [1.165, 1.54) is 6.92 Å². The number of aliphatic hydroxyl groups is 1. The van der Waals surface area contributed by atoms with Gasteiger partial charge in [-0.25, -0.2) is 0 Å². The Bertz CT molecular complexity index is 386. The lowest BCUT2D eigenvalue weighted by Gasteiger charge is -2.17. The molecule has 0 heterocycles. The largest absolute Gasteiger partial charge is 0.504 e. The van der Waals surface area contributed by atoms with E-state index in [1.54, 1.807) is 12.1 Å². The molecule has 0 unspecified atom stereocenters. The number of hydrogen-bond acceptors (Lipinski definition) is 4. The molecule has 0 saturated carbocycles. The fourth-order valence-electron chi connectivity index (χ4n) is 0.953. The maximum absolute atomic E-state index is 10.9. The quantitative estimate of drug-likeness (QED) is 0.418. The van der Waals surface area contributed by atoms with E-state index in [4.69, 9.17) is 15.6 Å². The zero-order chi connectivity index (χ0) is 9.30. The van der Waals surface area contributed by atoms with Crippen LogP contribution in [0.15, 0.2) is 22.5 Å². The van der Waals surface area contributed by atoms with Crippen LogP contribution in [0.3, 0.4) is 0 Å². The molecule has 0 bridgehead atoms. The fraction of sp³-hybridized carbons (Fsp3) is 0.125. The highest BCUT2D eigenvalue weighted by Gasteiger charge is 2.33. The van der Waals surface area contributed by atoms with Crippen molar-refractivity contribution in [2.45, 2.75) is 6.92 Å². The number of carbonyl (C=O) groups excluding carboxylic acids is 1. The Labute approximate surface area is 68.6 Å². The average molecular weight is 160 g/mol. The second-order valence-electron chi connectivity index (χ2n) is 2.28. The van der Waals surface area contributed by atoms with E-state index in [2.05, 4.69) is 0 Å². The molecule has 0 aromatic heterocycles. The smallest absolute Gasteiger partial charge is 0.230 e. The molecule has 1 aliphatic carbocycles. The van der Waals surface area contributed by atoms with Gasteiger partial charge in [-0.15, -0.1) is 0 Å². The Morgan fingerprint density at radius 2 is 1.92 bits per heavy atom. The molecule has 1 rings (SSSR count). The van der Waals surface area contributed by atoms with E-state index < -0.39 is 5.78 Å². The van der Waals surface area contributed by atoms with Crippen LogP contribution < -0.4 is 0 Å². The molecule has 4 nitrogen and oxygen atoms in total. The third kappa shape index (κ3) is 0.792. The zero-order valence-corrected chi connectivity index (χ0v) is 6.25. The summed E-state index contributed by atoms with van der Waals surface area (Å²) in [5.41, 5.74) is 0.117. The van der Waals surface area contributed by atoms with Gasteiger partial charge in [0.25, 0.3) is 0 Å². The van der Waals surface area contributed by atoms with Gasteiger partial charge in [-0.3, -0.25) is 4.79 Å². The molecule has 0 saturated heterocycles. The topological polar surface area (TPSA) is 84.9 Å². The molecule has 58 valence electrons. The van der Waals surface area contributed by atoms with Crippen molar-refractivity contribution in [3.05, 3.63) is 22.5 Å². The summed E-state index contributed by atoms with van der Waals surface area (Å²) in [6.45, 7) is 1.49. The van der Waals surface area contributed by atoms with Crippen molar-refractivity contribution in [2.75, 3.05) is 0 Å². The molecule has 12 heavy (non-hydrogen) atoms. The highest BCUT2D eigenvalue weighted by atomic mass is 16.3. The first kappa shape index (κ1) is 8.03. The Balaban J connectivity index is 3.32. The molecule has 0 aliphatic heterocycles. The first-order valence-electron chi connectivity index (χ1n) is 3.12. The second kappa shape index (κ2) is 2.52. The summed E-state index contributed by atoms with van der Waals surface area (Å²) >= 11 is 0. The number of nitriles is 2. The van der Waals surface area contributed by atoms with Crippen LogP contribution in [0.4, 0.5) is 0 Å². The number of rotatable bonds is 0. The molecule has 4 heteroatoms. The molecule has 0 aromatic rings. The molecule has 0 amide bonds. The molecule has 1 aliphatic rings. The zero-order valence-electron chi connectivity index (χ0n) is 6.25. The minimum absolute atomic E-state index is 0.0394. The summed E-state index contributed by atoms with van der Waals surface area (Å²) in [4.78, 5) is 10.9. The predicted octanol–water partition coefficient (Wildman–Crippen LogP) is 0.745. The van der Waals surface area contributed by atoms with Gasteiger partial charge in [-0.1, -0.05) is 0 Å². The van der Waals surface area contributed by atoms with Crippen LogP contribution in [-0.4, -0.2) is 10.9 Å². The predicted molar refractivity (Wildman–Crippen MR) is 38.6 cm³/mol. The lowest BCUT2D eigenvalue weighted by molar-refractivity contribution is -0.115. The highest BCUT2D eigenvalue weighted by Crippen LogP contribution is 2.30. The van der Waals surface area contributed by atoms with E-state index in [0.29, 0.717) is 5.57 Å². The number of carbonyl (C=O) groups is 1. The van der Waals surface area contributed by atoms with Gasteiger partial charge >= 0.3 is 0 Å². The molecule has 1 N–H and O–H groups in total. The third-order valence-electron chi connectivity index (χ3n) is 1.65. The Kier molecular flexibility index (Phi) is 1.69. The first-order valence-corrected chi connectivity index (χ1v) is 3.12. The number of allylic oxidation sites excluding steroid dienone is 3. The van der Waals surface area contributed by atoms with Crippen molar-refractivity contribution in [2.24, 2.45) is 0 Å². The van der Waals surface area contributed by atoms with Crippen LogP contribution in [0.25, 0.3) is 0 Å². The first-order chi connectivity index (χ1) is 5.63. The molecule has 0 spiro atoms. The number of Topliss-reactive ketones (excluding diaryl/α,β-unsaturated/α-hetero) is 1. The van der Waals surface area contributed by atoms with Crippen LogP contribution in [0.1, 0.15) is 6.92 Å². The van der Waals surface area contributed by atoms with Crippen molar-refractivity contribution in [1.82, 2.24) is 0 Å². The van der Waals surface area contributed by atoms with Gasteiger partial charge in [-0.2, -0.15) is 10.5 Å². The van der Waals surface area contributed by atoms with Crippen molar-refractivity contribution in [1.29, 1.82) is 10.5 Å². The average Bonchev–Trinajstić information content (AvgIpc) is 2.12. The summed E-state index contributed by atoms with van der Waals surface area (Å²) in [6.07, 6.45) is 0. The normalized spacial score (nSPS) is 14.9. The molecule has 0 radical (unpaired) electrons. The van der Waals surface area contributed by atoms with Crippen molar-refractivity contribution >= 4 is 5.78 Å². The van der Waals surface area contributed by atoms with E-state index in [9.17, 15) is 4.79 Å². The number of aliphatic hydroxyl groups excluding tert-OH is 1. The van der Waals surface area contributed by atoms with Gasteiger partial charge in [-0.05, 0) is 6.92 Å². The van der Waals surface area contributed by atoms with Crippen LogP contribution in [0.5, 0.6) is 0 Å². The standard InChI is InChI=1S/C8H4N2O2/c1-4-6(5(2-9)3-10)8(12)7(4)11/h11H,1H3. The summed E-state index contributed by atoms with van der Waals surface area (Å²) < 4.78 is 0. The van der Waals surface area contributed by atoms with Gasteiger partial charge in [0.15, 0.2) is 5.76 Å². The van der Waals surface area contributed by atoms with Crippen molar-refractivity contribution in [3.8, 4) is 12.1 Å². The maximum atomic E-state index is 10.9. The van der Waals surface area contributed by atoms with Gasteiger partial charge in [0.05, 0.1) is 5.57 Å². The Hall–Kier alpha value is -2.07. The van der Waals surface area contributed by atoms with Crippen LogP contribution in [0, 0.1) is 22.7 Å². The Morgan fingerprint density at radius 3 is 2.25 bits per heavy atom. The summed E-state index contributed by atoms with van der Waals surface area (Å²) in [7, 11) is 0. The van der Waals surface area contributed by atoms with E-state index in [1.807, 2.05) is 0 Å². The third-order valence-corrected chi connectivity index (χ3v) is 1.65. The molecule has 0 fully saturated rings. The van der Waals surface area contributed by atoms with Gasteiger partial charge in [0, 0.05) is 5.57 Å². The summed E-state index contributed by atoms with van der Waals surface area (Å²) in [5, 5.41) is 25.7.